The fourth-order valence-corrected chi connectivity index (χ4v) is 2.12. The van der Waals surface area contributed by atoms with Gasteiger partial charge in [-0.15, -0.1) is 0 Å². The normalized spacial score (nSPS) is 11.0. The predicted molar refractivity (Wildman–Crippen MR) is 87.0 cm³/mol. The van der Waals surface area contributed by atoms with E-state index in [9.17, 15) is 10.1 Å². The van der Waals surface area contributed by atoms with Gasteiger partial charge in [0.25, 0.3) is 5.69 Å². The minimum Gasteiger partial charge on any atom is -0.389 e. The Balaban J connectivity index is 2.38. The highest BCUT2D eigenvalue weighted by Gasteiger charge is 2.13. The highest BCUT2D eigenvalue weighted by molar-refractivity contribution is 7.80. The molecule has 1 heterocycles. The molecule has 7 heteroatoms. The Bertz CT molecular complexity index is 802. The van der Waals surface area contributed by atoms with Crippen LogP contribution in [-0.2, 0) is 6.54 Å². The maximum atomic E-state index is 11.1. The predicted octanol–water partition coefficient (Wildman–Crippen LogP) is 2.64. The maximum Gasteiger partial charge on any atom is 0.274 e. The molecule has 0 saturated heterocycles. The molecule has 0 fully saturated rings. The molecule has 0 atom stereocenters. The first-order chi connectivity index (χ1) is 10.5. The Morgan fingerprint density at radius 3 is 2.77 bits per heavy atom. The lowest BCUT2D eigenvalue weighted by Gasteiger charge is -2.08. The number of benzene rings is 1. The van der Waals surface area contributed by atoms with Crippen molar-refractivity contribution in [1.82, 2.24) is 4.57 Å². The van der Waals surface area contributed by atoms with Crippen LogP contribution in [0, 0.1) is 21.4 Å². The summed E-state index contributed by atoms with van der Waals surface area (Å²) in [6.07, 6.45) is 3.34. The van der Waals surface area contributed by atoms with Crippen molar-refractivity contribution in [3.8, 4) is 6.07 Å². The number of thiocarbonyl (C=S) groups is 1. The van der Waals surface area contributed by atoms with E-state index in [0.717, 1.165) is 0 Å². The van der Waals surface area contributed by atoms with Crippen LogP contribution in [0.3, 0.4) is 0 Å². The molecule has 110 valence electrons. The number of hydrogen-bond donors (Lipinski definition) is 1. The van der Waals surface area contributed by atoms with Gasteiger partial charge in [-0.1, -0.05) is 30.4 Å². The molecule has 0 saturated carbocycles. The number of hydrogen-bond acceptors (Lipinski definition) is 4. The van der Waals surface area contributed by atoms with Crippen molar-refractivity contribution in [3.05, 3.63) is 69.5 Å². The second-order valence-corrected chi connectivity index (χ2v) is 4.92. The van der Waals surface area contributed by atoms with E-state index >= 15 is 0 Å². The van der Waals surface area contributed by atoms with Crippen molar-refractivity contribution in [2.75, 3.05) is 0 Å². The topological polar surface area (TPSA) is 97.9 Å². The first-order valence-electron chi connectivity index (χ1n) is 6.32. The van der Waals surface area contributed by atoms with Crippen molar-refractivity contribution < 1.29 is 4.92 Å². The molecule has 2 aromatic rings. The summed E-state index contributed by atoms with van der Waals surface area (Å²) in [6, 6.07) is 12.0. The zero-order valence-electron chi connectivity index (χ0n) is 11.5. The molecule has 0 aliphatic carbocycles. The molecule has 2 N–H and O–H groups in total. The van der Waals surface area contributed by atoms with Gasteiger partial charge in [0.1, 0.15) is 11.1 Å². The summed E-state index contributed by atoms with van der Waals surface area (Å²) in [7, 11) is 0. The van der Waals surface area contributed by atoms with Gasteiger partial charge in [-0.25, -0.2) is 0 Å². The Morgan fingerprint density at radius 2 is 2.14 bits per heavy atom. The number of nitriles is 1. The smallest absolute Gasteiger partial charge is 0.274 e. The lowest BCUT2D eigenvalue weighted by molar-refractivity contribution is -0.385. The van der Waals surface area contributed by atoms with Gasteiger partial charge in [0.2, 0.25) is 0 Å². The molecule has 0 aliphatic rings. The van der Waals surface area contributed by atoms with E-state index in [-0.39, 0.29) is 16.2 Å². The van der Waals surface area contributed by atoms with Crippen LogP contribution in [0.4, 0.5) is 5.69 Å². The van der Waals surface area contributed by atoms with Crippen LogP contribution in [0.2, 0.25) is 0 Å². The van der Waals surface area contributed by atoms with Gasteiger partial charge in [-0.2, -0.15) is 5.26 Å². The number of nitro groups is 1. The van der Waals surface area contributed by atoms with E-state index in [1.165, 1.54) is 6.07 Å². The van der Waals surface area contributed by atoms with E-state index in [4.69, 9.17) is 23.2 Å². The Labute approximate surface area is 132 Å². The number of rotatable bonds is 5. The van der Waals surface area contributed by atoms with Crippen LogP contribution in [0.15, 0.2) is 48.2 Å². The van der Waals surface area contributed by atoms with E-state index in [0.29, 0.717) is 17.8 Å². The summed E-state index contributed by atoms with van der Waals surface area (Å²) >= 11 is 4.81. The summed E-state index contributed by atoms with van der Waals surface area (Å²) < 4.78 is 1.79. The molecule has 1 aromatic heterocycles. The van der Waals surface area contributed by atoms with Gasteiger partial charge < -0.3 is 10.3 Å². The van der Waals surface area contributed by atoms with Crippen molar-refractivity contribution in [1.29, 1.82) is 5.26 Å². The lowest BCUT2D eigenvalue weighted by atomic mass is 10.1. The number of nitrogens with zero attached hydrogens (tertiary/aromatic N) is 3. The standard InChI is InChI=1S/C15H12N4O2S/c16-9-12(15(17)22)8-13-5-3-7-18(13)10-11-4-1-2-6-14(11)19(20)21/h1-8H,10H2,(H2,17,22). The van der Waals surface area contributed by atoms with E-state index in [1.54, 1.807) is 47.2 Å². The minimum atomic E-state index is -0.413. The van der Waals surface area contributed by atoms with Crippen LogP contribution >= 0.6 is 12.2 Å². The Morgan fingerprint density at radius 1 is 1.41 bits per heavy atom. The minimum absolute atomic E-state index is 0.0148. The summed E-state index contributed by atoms with van der Waals surface area (Å²) in [4.78, 5) is 10.7. The van der Waals surface area contributed by atoms with Crippen LogP contribution in [0.5, 0.6) is 0 Å². The molecular formula is C15H12N4O2S. The van der Waals surface area contributed by atoms with Gasteiger partial charge in [-0.05, 0) is 18.2 Å². The van der Waals surface area contributed by atoms with Crippen molar-refractivity contribution in [2.45, 2.75) is 6.54 Å². The molecule has 0 radical (unpaired) electrons. The van der Waals surface area contributed by atoms with Gasteiger partial charge in [0.15, 0.2) is 0 Å². The molecule has 1 aromatic carbocycles. The van der Waals surface area contributed by atoms with Crippen molar-refractivity contribution in [2.24, 2.45) is 5.73 Å². The summed E-state index contributed by atoms with van der Waals surface area (Å²) in [5.41, 5.74) is 6.99. The van der Waals surface area contributed by atoms with Crippen molar-refractivity contribution >= 4 is 29.0 Å². The molecule has 2 rings (SSSR count). The third kappa shape index (κ3) is 3.37. The number of nitro benzene ring substituents is 1. The van der Waals surface area contributed by atoms with E-state index in [2.05, 4.69) is 0 Å². The first kappa shape index (κ1) is 15.4. The number of para-hydroxylation sites is 1. The monoisotopic (exact) mass is 312 g/mol. The van der Waals surface area contributed by atoms with Gasteiger partial charge in [0.05, 0.1) is 17.0 Å². The van der Waals surface area contributed by atoms with Gasteiger partial charge in [0, 0.05) is 23.5 Å². The van der Waals surface area contributed by atoms with Gasteiger partial charge >= 0.3 is 0 Å². The largest absolute Gasteiger partial charge is 0.389 e. The fourth-order valence-electron chi connectivity index (χ4n) is 2.01. The van der Waals surface area contributed by atoms with Gasteiger partial charge in [-0.3, -0.25) is 10.1 Å². The molecule has 6 nitrogen and oxygen atoms in total. The molecule has 0 spiro atoms. The number of nitrogens with two attached hydrogens (primary N) is 1. The molecule has 0 aliphatic heterocycles. The SMILES string of the molecule is N#CC(=Cc1cccn1Cc1ccccc1[N+](=O)[O-])C(N)=S. The summed E-state index contributed by atoms with van der Waals surface area (Å²) in [6.45, 7) is 0.312. The number of aromatic nitrogens is 1. The second kappa shape index (κ2) is 6.65. The highest BCUT2D eigenvalue weighted by atomic mass is 32.1. The van der Waals surface area contributed by atoms with Crippen LogP contribution in [0.1, 0.15) is 11.3 Å². The first-order valence-corrected chi connectivity index (χ1v) is 6.73. The Hall–Kier alpha value is -2.98. The van der Waals surface area contributed by atoms with Crippen LogP contribution < -0.4 is 5.73 Å². The van der Waals surface area contributed by atoms with Crippen molar-refractivity contribution in [3.63, 3.8) is 0 Å². The van der Waals surface area contributed by atoms with E-state index in [1.807, 2.05) is 6.07 Å². The Kier molecular flexibility index (Phi) is 4.66. The highest BCUT2D eigenvalue weighted by Crippen LogP contribution is 2.20. The molecular weight excluding hydrogens is 300 g/mol. The second-order valence-electron chi connectivity index (χ2n) is 4.48. The maximum absolute atomic E-state index is 11.1. The molecule has 0 bridgehead atoms. The van der Waals surface area contributed by atoms with E-state index < -0.39 is 4.92 Å². The molecule has 22 heavy (non-hydrogen) atoms. The molecule has 0 amide bonds. The average Bonchev–Trinajstić information content (AvgIpc) is 2.91. The third-order valence-electron chi connectivity index (χ3n) is 3.07. The zero-order valence-corrected chi connectivity index (χ0v) is 12.3. The lowest BCUT2D eigenvalue weighted by Crippen LogP contribution is -2.10. The molecule has 0 unspecified atom stereocenters. The average molecular weight is 312 g/mol. The summed E-state index contributed by atoms with van der Waals surface area (Å²) in [5, 5.41) is 20.1. The third-order valence-corrected chi connectivity index (χ3v) is 3.29. The van der Waals surface area contributed by atoms with Crippen LogP contribution in [0.25, 0.3) is 6.08 Å². The zero-order chi connectivity index (χ0) is 16.1. The van der Waals surface area contributed by atoms with Crippen LogP contribution in [-0.4, -0.2) is 14.5 Å². The fraction of sp³-hybridized carbons (Fsp3) is 0.0667. The summed E-state index contributed by atoms with van der Waals surface area (Å²) in [5.74, 6) is 0. The quantitative estimate of drug-likeness (QED) is 0.301.